The highest BCUT2D eigenvalue weighted by molar-refractivity contribution is 5.89. The molecule has 4 nitrogen and oxygen atoms in total. The number of nitrogens with zero attached hydrogens (tertiary/aromatic N) is 1. The van der Waals surface area contributed by atoms with Gasteiger partial charge in [-0.05, 0) is 92.4 Å². The summed E-state index contributed by atoms with van der Waals surface area (Å²) in [5.41, 5.74) is 0.104. The van der Waals surface area contributed by atoms with Crippen LogP contribution in [0.4, 0.5) is 13.2 Å². The van der Waals surface area contributed by atoms with Gasteiger partial charge in [-0.25, -0.2) is 0 Å². The molecule has 33 heavy (non-hydrogen) atoms. The molecule has 1 N–H and O–H groups in total. The van der Waals surface area contributed by atoms with Gasteiger partial charge in [0.2, 0.25) is 0 Å². The Hall–Kier alpha value is -2.28. The number of rotatable bonds is 5. The average Bonchev–Trinajstić information content (AvgIpc) is 3.00. The number of hydrogen-bond acceptors (Lipinski definition) is 3. The third-order valence-electron chi connectivity index (χ3n) is 7.16. The molecule has 180 valence electrons. The van der Waals surface area contributed by atoms with E-state index in [0.717, 1.165) is 44.2 Å². The van der Waals surface area contributed by atoms with E-state index in [2.05, 4.69) is 11.8 Å². The van der Waals surface area contributed by atoms with Crippen LogP contribution in [-0.2, 0) is 17.5 Å². The van der Waals surface area contributed by atoms with Crippen molar-refractivity contribution in [1.29, 1.82) is 0 Å². The van der Waals surface area contributed by atoms with E-state index in [0.29, 0.717) is 37.2 Å². The molecule has 1 heterocycles. The molecule has 0 bridgehead atoms. The number of alkyl halides is 3. The van der Waals surface area contributed by atoms with Gasteiger partial charge in [0.05, 0.1) is 12.0 Å². The van der Waals surface area contributed by atoms with E-state index in [-0.39, 0.29) is 23.2 Å². The van der Waals surface area contributed by atoms with E-state index in [1.165, 1.54) is 6.07 Å². The molecular weight excluding hydrogens is 431 g/mol. The fourth-order valence-corrected chi connectivity index (χ4v) is 5.18. The lowest BCUT2D eigenvalue weighted by molar-refractivity contribution is -0.142. The lowest BCUT2D eigenvalue weighted by Crippen LogP contribution is -2.25. The van der Waals surface area contributed by atoms with Gasteiger partial charge in [-0.3, -0.25) is 9.69 Å². The van der Waals surface area contributed by atoms with E-state index in [1.807, 2.05) is 6.07 Å². The molecule has 1 aliphatic carbocycles. The van der Waals surface area contributed by atoms with Crippen molar-refractivity contribution in [1.82, 2.24) is 4.90 Å². The van der Waals surface area contributed by atoms with Crippen molar-refractivity contribution in [3.8, 4) is 5.75 Å². The number of carboxylic acids is 1. The zero-order valence-electron chi connectivity index (χ0n) is 19.0. The van der Waals surface area contributed by atoms with Crippen LogP contribution in [0.1, 0.15) is 63.0 Å². The molecular formula is C26H32F3NO3. The number of carbonyl (C=O) groups is 1. The van der Waals surface area contributed by atoms with E-state index >= 15 is 0 Å². The number of fused-ring (bicyclic) bond motifs is 1. The van der Waals surface area contributed by atoms with Crippen LogP contribution in [0.2, 0.25) is 0 Å². The summed E-state index contributed by atoms with van der Waals surface area (Å²) in [6, 6.07) is 8.41. The van der Waals surface area contributed by atoms with Crippen molar-refractivity contribution >= 4 is 16.7 Å². The van der Waals surface area contributed by atoms with Crippen LogP contribution in [0, 0.1) is 11.8 Å². The first-order chi connectivity index (χ1) is 15.7. The van der Waals surface area contributed by atoms with Crippen molar-refractivity contribution < 1.29 is 27.8 Å². The number of carboxylic acid groups (broad SMARTS) is 1. The Labute approximate surface area is 192 Å². The van der Waals surface area contributed by atoms with E-state index in [4.69, 9.17) is 4.74 Å². The fourth-order valence-electron chi connectivity index (χ4n) is 5.18. The normalized spacial score (nSPS) is 25.0. The lowest BCUT2D eigenvalue weighted by atomic mass is 9.89. The summed E-state index contributed by atoms with van der Waals surface area (Å²) in [5.74, 6) is -0.593. The molecule has 7 heteroatoms. The standard InChI is InChI=1S/C26H32F3NO3/c1-17-4-9-21(10-5-17)33-23-11-8-19-7-6-18(15-22(19)24(23)26(27,28)29)16-30-13-2-3-20(12-14-30)25(31)32/h6-8,11,15,17,20-21H,2-5,9-10,12-14,16H2,1H3,(H,31,32). The number of aliphatic carboxylic acids is 1. The van der Waals surface area contributed by atoms with E-state index in [1.54, 1.807) is 18.2 Å². The molecule has 1 saturated carbocycles. The van der Waals surface area contributed by atoms with Crippen LogP contribution in [0.5, 0.6) is 5.75 Å². The summed E-state index contributed by atoms with van der Waals surface area (Å²) in [4.78, 5) is 13.4. The molecule has 0 aromatic heterocycles. The van der Waals surface area contributed by atoms with Gasteiger partial charge < -0.3 is 9.84 Å². The Balaban J connectivity index is 1.59. The third kappa shape index (κ3) is 5.81. The summed E-state index contributed by atoms with van der Waals surface area (Å²) < 4.78 is 48.6. The molecule has 1 aliphatic heterocycles. The summed E-state index contributed by atoms with van der Waals surface area (Å²) in [5, 5.41) is 9.99. The SMILES string of the molecule is CC1CCC(Oc2ccc3ccc(CN4CCCC(C(=O)O)CC4)cc3c2C(F)(F)F)CC1. The highest BCUT2D eigenvalue weighted by Gasteiger charge is 2.37. The van der Waals surface area contributed by atoms with E-state index in [9.17, 15) is 23.1 Å². The van der Waals surface area contributed by atoms with Gasteiger partial charge >= 0.3 is 12.1 Å². The molecule has 2 aromatic rings. The van der Waals surface area contributed by atoms with Gasteiger partial charge in [0.15, 0.2) is 0 Å². The highest BCUT2D eigenvalue weighted by atomic mass is 19.4. The predicted molar refractivity (Wildman–Crippen MR) is 121 cm³/mol. The van der Waals surface area contributed by atoms with Crippen LogP contribution in [-0.4, -0.2) is 35.2 Å². The number of ether oxygens (including phenoxy) is 1. The third-order valence-corrected chi connectivity index (χ3v) is 7.16. The highest BCUT2D eigenvalue weighted by Crippen LogP contribution is 2.43. The monoisotopic (exact) mass is 463 g/mol. The molecule has 2 aromatic carbocycles. The summed E-state index contributed by atoms with van der Waals surface area (Å²) in [6.45, 7) is 4.05. The van der Waals surface area contributed by atoms with Crippen LogP contribution >= 0.6 is 0 Å². The second kappa shape index (κ2) is 9.92. The Kier molecular flexibility index (Phi) is 7.17. The Morgan fingerprint density at radius 2 is 1.79 bits per heavy atom. The molecule has 1 atom stereocenters. The minimum absolute atomic E-state index is 0.0780. The first-order valence-electron chi connectivity index (χ1n) is 12.0. The summed E-state index contributed by atoms with van der Waals surface area (Å²) >= 11 is 0. The van der Waals surface area contributed by atoms with Gasteiger partial charge in [0, 0.05) is 6.54 Å². The van der Waals surface area contributed by atoms with Gasteiger partial charge in [-0.2, -0.15) is 13.2 Å². The largest absolute Gasteiger partial charge is 0.490 e. The molecule has 1 saturated heterocycles. The second-order valence-electron chi connectivity index (χ2n) is 9.73. The van der Waals surface area contributed by atoms with Gasteiger partial charge in [0.1, 0.15) is 11.3 Å². The zero-order valence-corrected chi connectivity index (χ0v) is 19.0. The maximum atomic E-state index is 14.2. The maximum Gasteiger partial charge on any atom is 0.420 e. The summed E-state index contributed by atoms with van der Waals surface area (Å²) in [6.07, 6.45) is 0.790. The predicted octanol–water partition coefficient (Wildman–Crippen LogP) is 6.50. The number of benzene rings is 2. The number of likely N-dealkylation sites (tertiary alicyclic amines) is 1. The summed E-state index contributed by atoms with van der Waals surface area (Å²) in [7, 11) is 0. The first-order valence-corrected chi connectivity index (χ1v) is 12.0. The first kappa shape index (κ1) is 23.9. The maximum absolute atomic E-state index is 14.2. The lowest BCUT2D eigenvalue weighted by Gasteiger charge is -2.28. The van der Waals surface area contributed by atoms with Gasteiger partial charge in [0.25, 0.3) is 0 Å². The smallest absolute Gasteiger partial charge is 0.420 e. The van der Waals surface area contributed by atoms with Crippen LogP contribution in [0.3, 0.4) is 0 Å². The van der Waals surface area contributed by atoms with Crippen LogP contribution in [0.25, 0.3) is 10.8 Å². The molecule has 0 amide bonds. The Morgan fingerprint density at radius 3 is 2.48 bits per heavy atom. The minimum Gasteiger partial charge on any atom is -0.490 e. The van der Waals surface area contributed by atoms with Crippen LogP contribution in [0.15, 0.2) is 30.3 Å². The topological polar surface area (TPSA) is 49.8 Å². The molecule has 4 rings (SSSR count). The van der Waals surface area contributed by atoms with Crippen molar-refractivity contribution in [2.45, 2.75) is 70.7 Å². The molecule has 2 aliphatic rings. The van der Waals surface area contributed by atoms with Gasteiger partial charge in [-0.15, -0.1) is 0 Å². The fraction of sp³-hybridized carbons (Fsp3) is 0.577. The zero-order chi connectivity index (χ0) is 23.6. The molecule has 0 spiro atoms. The molecule has 1 unspecified atom stereocenters. The van der Waals surface area contributed by atoms with Crippen molar-refractivity contribution in [3.63, 3.8) is 0 Å². The van der Waals surface area contributed by atoms with Crippen LogP contribution < -0.4 is 4.74 Å². The Morgan fingerprint density at radius 1 is 1.06 bits per heavy atom. The van der Waals surface area contributed by atoms with E-state index < -0.39 is 17.7 Å². The van der Waals surface area contributed by atoms with Crippen molar-refractivity contribution in [2.75, 3.05) is 13.1 Å². The Bertz CT molecular complexity index is 983. The average molecular weight is 464 g/mol. The molecule has 2 fully saturated rings. The quantitative estimate of drug-likeness (QED) is 0.550. The minimum atomic E-state index is -4.52. The van der Waals surface area contributed by atoms with Gasteiger partial charge in [-0.1, -0.05) is 25.1 Å². The van der Waals surface area contributed by atoms with Crippen molar-refractivity contribution in [3.05, 3.63) is 41.5 Å². The molecule has 0 radical (unpaired) electrons. The number of halogens is 3. The second-order valence-corrected chi connectivity index (χ2v) is 9.73. The van der Waals surface area contributed by atoms with Crippen molar-refractivity contribution in [2.24, 2.45) is 11.8 Å². The number of hydrogen-bond donors (Lipinski definition) is 1.